The highest BCUT2D eigenvalue weighted by Gasteiger charge is 2.21. The van der Waals surface area contributed by atoms with Crippen LogP contribution in [0.15, 0.2) is 0 Å². The molecule has 15 heavy (non-hydrogen) atoms. The molecule has 1 fully saturated rings. The van der Waals surface area contributed by atoms with E-state index in [4.69, 9.17) is 16.2 Å². The van der Waals surface area contributed by atoms with Crippen molar-refractivity contribution in [1.82, 2.24) is 4.37 Å². The standard InChI is InChI=1S/C8H12N4O2S/c9-6-5(7(10)13)8(15-12-6)11-4-1-2-14-3-4/h4,11H,1-3H2,(H2,9,12)(H2,10,13). The van der Waals surface area contributed by atoms with Crippen LogP contribution in [0, 0.1) is 0 Å². The fourth-order valence-electron chi connectivity index (χ4n) is 1.47. The normalized spacial score (nSPS) is 20.4. The number of ether oxygens (including phenoxy) is 1. The van der Waals surface area contributed by atoms with Crippen LogP contribution in [0.3, 0.4) is 0 Å². The van der Waals surface area contributed by atoms with Gasteiger partial charge in [0.25, 0.3) is 5.91 Å². The zero-order chi connectivity index (χ0) is 10.8. The topological polar surface area (TPSA) is 103 Å². The van der Waals surface area contributed by atoms with Gasteiger partial charge in [-0.15, -0.1) is 0 Å². The number of rotatable bonds is 3. The third kappa shape index (κ3) is 2.02. The van der Waals surface area contributed by atoms with Gasteiger partial charge in [0.2, 0.25) is 0 Å². The molecule has 1 aromatic heterocycles. The van der Waals surface area contributed by atoms with Crippen LogP contribution in [0.1, 0.15) is 16.8 Å². The van der Waals surface area contributed by atoms with Crippen LogP contribution >= 0.6 is 11.5 Å². The van der Waals surface area contributed by atoms with Crippen molar-refractivity contribution in [3.63, 3.8) is 0 Å². The van der Waals surface area contributed by atoms with Crippen molar-refractivity contribution in [2.45, 2.75) is 12.5 Å². The zero-order valence-corrected chi connectivity index (χ0v) is 8.84. The molecule has 0 bridgehead atoms. The zero-order valence-electron chi connectivity index (χ0n) is 8.03. The van der Waals surface area contributed by atoms with E-state index in [1.807, 2.05) is 0 Å². The summed E-state index contributed by atoms with van der Waals surface area (Å²) in [5.74, 6) is -0.364. The van der Waals surface area contributed by atoms with Crippen molar-refractivity contribution >= 4 is 28.3 Å². The molecule has 6 nitrogen and oxygen atoms in total. The minimum absolute atomic E-state index is 0.189. The number of anilines is 2. The molecular formula is C8H12N4O2S. The average Bonchev–Trinajstić information content (AvgIpc) is 2.76. The Bertz CT molecular complexity index is 373. The molecule has 0 saturated carbocycles. The number of nitrogens with two attached hydrogens (primary N) is 2. The van der Waals surface area contributed by atoms with Crippen molar-refractivity contribution < 1.29 is 9.53 Å². The molecule has 82 valence electrons. The molecule has 7 heteroatoms. The Morgan fingerprint density at radius 1 is 1.67 bits per heavy atom. The molecule has 1 unspecified atom stereocenters. The van der Waals surface area contributed by atoms with Crippen LogP contribution in [0.25, 0.3) is 0 Å². The van der Waals surface area contributed by atoms with E-state index in [9.17, 15) is 4.79 Å². The number of primary amides is 1. The Hall–Kier alpha value is -1.34. The van der Waals surface area contributed by atoms with Gasteiger partial charge in [0, 0.05) is 6.61 Å². The van der Waals surface area contributed by atoms with Gasteiger partial charge in [0.1, 0.15) is 10.6 Å². The monoisotopic (exact) mass is 228 g/mol. The van der Waals surface area contributed by atoms with Gasteiger partial charge in [-0.1, -0.05) is 0 Å². The molecule has 1 amide bonds. The number of hydrogen-bond acceptors (Lipinski definition) is 6. The molecule has 0 aliphatic carbocycles. The summed E-state index contributed by atoms with van der Waals surface area (Å²) in [5.41, 5.74) is 11.0. The van der Waals surface area contributed by atoms with Gasteiger partial charge in [0.15, 0.2) is 5.82 Å². The summed E-state index contributed by atoms with van der Waals surface area (Å²) in [5, 5.41) is 3.80. The predicted octanol–water partition coefficient (Wildman–Crippen LogP) is 0.0250. The largest absolute Gasteiger partial charge is 0.382 e. The Morgan fingerprint density at radius 2 is 2.47 bits per heavy atom. The molecule has 0 radical (unpaired) electrons. The maximum Gasteiger partial charge on any atom is 0.255 e. The predicted molar refractivity (Wildman–Crippen MR) is 57.9 cm³/mol. The first kappa shape index (κ1) is 10.2. The summed E-state index contributed by atoms with van der Waals surface area (Å²) in [6.07, 6.45) is 0.913. The summed E-state index contributed by atoms with van der Waals surface area (Å²) in [6.45, 7) is 1.37. The quantitative estimate of drug-likeness (QED) is 0.677. The smallest absolute Gasteiger partial charge is 0.255 e. The lowest BCUT2D eigenvalue weighted by Crippen LogP contribution is -2.21. The van der Waals surface area contributed by atoms with E-state index in [0.717, 1.165) is 24.6 Å². The van der Waals surface area contributed by atoms with E-state index >= 15 is 0 Å². The van der Waals surface area contributed by atoms with Crippen LogP contribution in [0.2, 0.25) is 0 Å². The van der Waals surface area contributed by atoms with Gasteiger partial charge < -0.3 is 21.5 Å². The van der Waals surface area contributed by atoms with Crippen molar-refractivity contribution in [2.24, 2.45) is 5.73 Å². The fourth-order valence-corrected chi connectivity index (χ4v) is 2.27. The van der Waals surface area contributed by atoms with Crippen LogP contribution in [0.5, 0.6) is 0 Å². The Balaban J connectivity index is 2.16. The first-order chi connectivity index (χ1) is 7.18. The van der Waals surface area contributed by atoms with Crippen LogP contribution in [-0.2, 0) is 4.74 Å². The van der Waals surface area contributed by atoms with Gasteiger partial charge in [-0.3, -0.25) is 4.79 Å². The van der Waals surface area contributed by atoms with Gasteiger partial charge in [-0.05, 0) is 18.0 Å². The highest BCUT2D eigenvalue weighted by Crippen LogP contribution is 2.27. The second-order valence-electron chi connectivity index (χ2n) is 3.34. The van der Waals surface area contributed by atoms with E-state index in [1.165, 1.54) is 0 Å². The second kappa shape index (κ2) is 4.03. The SMILES string of the molecule is NC(=O)c1c(N)nsc1NC1CCOC1. The third-order valence-corrected chi connectivity index (χ3v) is 3.02. The molecule has 0 spiro atoms. The Kier molecular flexibility index (Phi) is 2.74. The fraction of sp³-hybridized carbons (Fsp3) is 0.500. The number of nitrogens with one attached hydrogen (secondary N) is 1. The van der Waals surface area contributed by atoms with E-state index in [1.54, 1.807) is 0 Å². The van der Waals surface area contributed by atoms with Crippen LogP contribution < -0.4 is 16.8 Å². The molecule has 1 aliphatic rings. The number of aromatic nitrogens is 1. The third-order valence-electron chi connectivity index (χ3n) is 2.23. The van der Waals surface area contributed by atoms with Crippen molar-refractivity contribution in [3.8, 4) is 0 Å². The number of carbonyl (C=O) groups excluding carboxylic acids is 1. The first-order valence-electron chi connectivity index (χ1n) is 4.57. The Labute approximate surface area is 90.8 Å². The van der Waals surface area contributed by atoms with Gasteiger partial charge in [-0.25, -0.2) is 0 Å². The van der Waals surface area contributed by atoms with Crippen molar-refractivity contribution in [2.75, 3.05) is 24.3 Å². The van der Waals surface area contributed by atoms with E-state index in [0.29, 0.717) is 11.6 Å². The summed E-state index contributed by atoms with van der Waals surface area (Å²) < 4.78 is 9.11. The molecule has 2 heterocycles. The van der Waals surface area contributed by atoms with Crippen LogP contribution in [0.4, 0.5) is 10.8 Å². The lowest BCUT2D eigenvalue weighted by Gasteiger charge is -2.10. The highest BCUT2D eigenvalue weighted by atomic mass is 32.1. The number of hydrogen-bond donors (Lipinski definition) is 3. The van der Waals surface area contributed by atoms with E-state index in [2.05, 4.69) is 9.69 Å². The Morgan fingerprint density at radius 3 is 3.07 bits per heavy atom. The van der Waals surface area contributed by atoms with Gasteiger partial charge in [0.05, 0.1) is 12.6 Å². The lowest BCUT2D eigenvalue weighted by atomic mass is 10.2. The highest BCUT2D eigenvalue weighted by molar-refractivity contribution is 7.11. The molecule has 1 aliphatic heterocycles. The van der Waals surface area contributed by atoms with Gasteiger partial charge >= 0.3 is 0 Å². The molecule has 1 aromatic rings. The maximum atomic E-state index is 11.1. The summed E-state index contributed by atoms with van der Waals surface area (Å²) in [4.78, 5) is 11.1. The van der Waals surface area contributed by atoms with E-state index in [-0.39, 0.29) is 17.4 Å². The molecular weight excluding hydrogens is 216 g/mol. The molecule has 5 N–H and O–H groups in total. The molecule has 0 aromatic carbocycles. The molecule has 1 saturated heterocycles. The number of nitrogen functional groups attached to an aromatic ring is 1. The minimum Gasteiger partial charge on any atom is -0.382 e. The number of nitrogens with zero attached hydrogens (tertiary/aromatic N) is 1. The average molecular weight is 228 g/mol. The summed E-state index contributed by atoms with van der Waals surface area (Å²) in [7, 11) is 0. The summed E-state index contributed by atoms with van der Waals surface area (Å²) in [6, 6.07) is 0.211. The van der Waals surface area contributed by atoms with Gasteiger partial charge in [-0.2, -0.15) is 4.37 Å². The number of amides is 1. The maximum absolute atomic E-state index is 11.1. The minimum atomic E-state index is -0.553. The van der Waals surface area contributed by atoms with Crippen molar-refractivity contribution in [1.29, 1.82) is 0 Å². The first-order valence-corrected chi connectivity index (χ1v) is 5.35. The molecule has 1 atom stereocenters. The van der Waals surface area contributed by atoms with Crippen molar-refractivity contribution in [3.05, 3.63) is 5.56 Å². The molecule has 2 rings (SSSR count). The van der Waals surface area contributed by atoms with Crippen LogP contribution in [-0.4, -0.2) is 29.5 Å². The van der Waals surface area contributed by atoms with E-state index < -0.39 is 5.91 Å². The summed E-state index contributed by atoms with van der Waals surface area (Å²) >= 11 is 1.15. The number of carbonyl (C=O) groups is 1. The lowest BCUT2D eigenvalue weighted by molar-refractivity contribution is 0.100. The second-order valence-corrected chi connectivity index (χ2v) is 4.11.